The molecule has 10 heteroatoms. The summed E-state index contributed by atoms with van der Waals surface area (Å²) >= 11 is 0. The van der Waals surface area contributed by atoms with Gasteiger partial charge in [0.1, 0.15) is 11.5 Å². The Morgan fingerprint density at radius 2 is 2.03 bits per heavy atom. The van der Waals surface area contributed by atoms with Gasteiger partial charge in [-0.05, 0) is 12.1 Å². The third kappa shape index (κ3) is 3.92. The number of aromatic nitrogens is 5. The summed E-state index contributed by atoms with van der Waals surface area (Å²) in [6.45, 7) is 2.53. The minimum Gasteiger partial charge on any atom is -0.378 e. The molecule has 0 atom stereocenters. The molecule has 4 heterocycles. The van der Waals surface area contributed by atoms with Gasteiger partial charge in [0.25, 0.3) is 5.91 Å². The predicted molar refractivity (Wildman–Crippen MR) is 116 cm³/mol. The summed E-state index contributed by atoms with van der Waals surface area (Å²) in [6, 6.07) is 8.37. The van der Waals surface area contributed by atoms with Crippen LogP contribution < -0.4 is 5.32 Å². The highest BCUT2D eigenvalue weighted by atomic mass is 19.1. The SMILES string of the molecule is Cn1cc(Nc2ncc3cnn(Cc4ccccc4F)c3n2)cc1C(=O)N1CCOCC1. The Labute approximate surface area is 183 Å². The molecule has 1 fully saturated rings. The summed E-state index contributed by atoms with van der Waals surface area (Å²) in [5.41, 5.74) is 2.38. The summed E-state index contributed by atoms with van der Waals surface area (Å²) in [4.78, 5) is 23.5. The molecule has 4 aromatic rings. The Morgan fingerprint density at radius 3 is 2.84 bits per heavy atom. The van der Waals surface area contributed by atoms with E-state index in [1.54, 1.807) is 50.8 Å². The second-order valence-electron chi connectivity index (χ2n) is 7.62. The lowest BCUT2D eigenvalue weighted by atomic mass is 10.2. The Kier molecular flexibility index (Phi) is 5.28. The van der Waals surface area contributed by atoms with Crippen LogP contribution in [-0.2, 0) is 18.3 Å². The van der Waals surface area contributed by atoms with Crippen molar-refractivity contribution >= 4 is 28.6 Å². The smallest absolute Gasteiger partial charge is 0.270 e. The number of nitrogens with zero attached hydrogens (tertiary/aromatic N) is 6. The van der Waals surface area contributed by atoms with Crippen LogP contribution in [-0.4, -0.2) is 61.4 Å². The van der Waals surface area contributed by atoms with E-state index in [0.717, 1.165) is 5.39 Å². The molecule has 1 saturated heterocycles. The van der Waals surface area contributed by atoms with Crippen molar-refractivity contribution in [2.24, 2.45) is 7.05 Å². The first-order valence-electron chi connectivity index (χ1n) is 10.3. The van der Waals surface area contributed by atoms with Gasteiger partial charge in [-0.1, -0.05) is 18.2 Å². The highest BCUT2D eigenvalue weighted by Gasteiger charge is 2.21. The number of anilines is 2. The first-order chi connectivity index (χ1) is 15.6. The molecule has 1 aliphatic heterocycles. The molecule has 0 bridgehead atoms. The fourth-order valence-corrected chi connectivity index (χ4v) is 3.73. The van der Waals surface area contributed by atoms with E-state index in [2.05, 4.69) is 20.4 Å². The summed E-state index contributed by atoms with van der Waals surface area (Å²) in [7, 11) is 1.83. The third-order valence-electron chi connectivity index (χ3n) is 5.43. The maximum Gasteiger partial charge on any atom is 0.270 e. The molecule has 0 spiro atoms. The number of hydrogen-bond acceptors (Lipinski definition) is 6. The molecule has 9 nitrogen and oxygen atoms in total. The van der Waals surface area contributed by atoms with Crippen molar-refractivity contribution in [2.75, 3.05) is 31.6 Å². The Hall–Kier alpha value is -3.79. The van der Waals surface area contributed by atoms with Gasteiger partial charge >= 0.3 is 0 Å². The zero-order valence-electron chi connectivity index (χ0n) is 17.5. The number of rotatable bonds is 5. The van der Waals surface area contributed by atoms with Gasteiger partial charge < -0.3 is 19.5 Å². The average Bonchev–Trinajstić information content (AvgIpc) is 3.38. The molecule has 1 amide bonds. The summed E-state index contributed by atoms with van der Waals surface area (Å²) in [5.74, 6) is 0.0391. The van der Waals surface area contributed by atoms with Crippen LogP contribution in [0.25, 0.3) is 11.0 Å². The van der Waals surface area contributed by atoms with Crippen LogP contribution in [0.2, 0.25) is 0 Å². The normalized spacial score (nSPS) is 14.1. The van der Waals surface area contributed by atoms with E-state index >= 15 is 0 Å². The monoisotopic (exact) mass is 435 g/mol. The number of halogens is 1. The summed E-state index contributed by atoms with van der Waals surface area (Å²) in [6.07, 6.45) is 5.14. The minimum absolute atomic E-state index is 0.0387. The largest absolute Gasteiger partial charge is 0.378 e. The molecule has 5 rings (SSSR count). The van der Waals surface area contributed by atoms with E-state index < -0.39 is 0 Å². The van der Waals surface area contributed by atoms with Gasteiger partial charge in [-0.3, -0.25) is 4.79 Å². The van der Waals surface area contributed by atoms with Crippen molar-refractivity contribution in [1.82, 2.24) is 29.2 Å². The van der Waals surface area contributed by atoms with Gasteiger partial charge in [-0.2, -0.15) is 10.1 Å². The maximum absolute atomic E-state index is 14.1. The summed E-state index contributed by atoms with van der Waals surface area (Å²) in [5, 5.41) is 8.23. The highest BCUT2D eigenvalue weighted by molar-refractivity contribution is 5.94. The first kappa shape index (κ1) is 20.1. The number of ether oxygens (including phenoxy) is 1. The Bertz CT molecular complexity index is 1280. The van der Waals surface area contributed by atoms with E-state index in [0.29, 0.717) is 54.8 Å². The predicted octanol–water partition coefficient (Wildman–Crippen LogP) is 2.57. The molecule has 32 heavy (non-hydrogen) atoms. The number of carbonyl (C=O) groups excluding carboxylic acids is 1. The van der Waals surface area contributed by atoms with Crippen LogP contribution in [0.1, 0.15) is 16.1 Å². The van der Waals surface area contributed by atoms with Gasteiger partial charge in [-0.15, -0.1) is 0 Å². The molecule has 3 aromatic heterocycles. The number of amides is 1. The van der Waals surface area contributed by atoms with E-state index in [-0.39, 0.29) is 18.3 Å². The number of nitrogens with one attached hydrogen (secondary N) is 1. The standard InChI is InChI=1S/C22H22FN7O2/c1-28-14-17(10-19(28)21(31)29-6-8-32-9-7-29)26-22-24-11-16-12-25-30(20(16)27-22)13-15-4-2-3-5-18(15)23/h2-5,10-12,14H,6-9,13H2,1H3,(H,24,26,27). The Morgan fingerprint density at radius 1 is 1.22 bits per heavy atom. The zero-order valence-corrected chi connectivity index (χ0v) is 17.5. The van der Waals surface area contributed by atoms with Crippen molar-refractivity contribution in [3.05, 3.63) is 66.0 Å². The average molecular weight is 435 g/mol. The second kappa shape index (κ2) is 8.39. The first-order valence-corrected chi connectivity index (χ1v) is 10.3. The number of benzene rings is 1. The van der Waals surface area contributed by atoms with E-state index in [4.69, 9.17) is 4.74 Å². The number of aryl methyl sites for hydroxylation is 1. The lowest BCUT2D eigenvalue weighted by molar-refractivity contribution is 0.0296. The molecule has 0 saturated carbocycles. The molecule has 164 valence electrons. The second-order valence-corrected chi connectivity index (χ2v) is 7.62. The van der Waals surface area contributed by atoms with Crippen LogP contribution >= 0.6 is 0 Å². The lowest BCUT2D eigenvalue weighted by Crippen LogP contribution is -2.41. The molecule has 1 N–H and O–H groups in total. The molecular weight excluding hydrogens is 413 g/mol. The van der Waals surface area contributed by atoms with Crippen LogP contribution in [0.3, 0.4) is 0 Å². The number of hydrogen-bond donors (Lipinski definition) is 1. The van der Waals surface area contributed by atoms with Crippen molar-refractivity contribution < 1.29 is 13.9 Å². The lowest BCUT2D eigenvalue weighted by Gasteiger charge is -2.26. The number of carbonyl (C=O) groups is 1. The van der Waals surface area contributed by atoms with Gasteiger partial charge in [0, 0.05) is 38.1 Å². The minimum atomic E-state index is -0.287. The van der Waals surface area contributed by atoms with Crippen molar-refractivity contribution in [1.29, 1.82) is 0 Å². The van der Waals surface area contributed by atoms with Crippen molar-refractivity contribution in [3.63, 3.8) is 0 Å². The van der Waals surface area contributed by atoms with Crippen LogP contribution in [0.15, 0.2) is 48.9 Å². The van der Waals surface area contributed by atoms with Crippen molar-refractivity contribution in [2.45, 2.75) is 6.54 Å². The van der Waals surface area contributed by atoms with Gasteiger partial charge in [0.2, 0.25) is 5.95 Å². The molecule has 1 aromatic carbocycles. The van der Waals surface area contributed by atoms with E-state index in [1.807, 2.05) is 13.2 Å². The number of fused-ring (bicyclic) bond motifs is 1. The number of morpholine rings is 1. The zero-order chi connectivity index (χ0) is 22.1. The molecule has 0 radical (unpaired) electrons. The fraction of sp³-hybridized carbons (Fsp3) is 0.273. The Balaban J connectivity index is 1.38. The van der Waals surface area contributed by atoms with E-state index in [9.17, 15) is 9.18 Å². The highest BCUT2D eigenvalue weighted by Crippen LogP contribution is 2.21. The maximum atomic E-state index is 14.1. The third-order valence-corrected chi connectivity index (χ3v) is 5.43. The van der Waals surface area contributed by atoms with E-state index in [1.165, 1.54) is 6.07 Å². The fourth-order valence-electron chi connectivity index (χ4n) is 3.73. The summed E-state index contributed by atoms with van der Waals surface area (Å²) < 4.78 is 22.8. The van der Waals surface area contributed by atoms with Crippen molar-refractivity contribution in [3.8, 4) is 0 Å². The van der Waals surface area contributed by atoms with Gasteiger partial charge in [-0.25, -0.2) is 14.1 Å². The molecule has 0 unspecified atom stereocenters. The van der Waals surface area contributed by atoms with Gasteiger partial charge in [0.05, 0.1) is 37.0 Å². The van der Waals surface area contributed by atoms with Gasteiger partial charge in [0.15, 0.2) is 5.65 Å². The quantitative estimate of drug-likeness (QED) is 0.518. The molecule has 0 aliphatic carbocycles. The molecular formula is C22H22FN7O2. The van der Waals surface area contributed by atoms with Crippen LogP contribution in [0.5, 0.6) is 0 Å². The molecule has 1 aliphatic rings. The topological polar surface area (TPSA) is 90.1 Å². The van der Waals surface area contributed by atoms with Crippen LogP contribution in [0, 0.1) is 5.82 Å². The van der Waals surface area contributed by atoms with Crippen LogP contribution in [0.4, 0.5) is 16.0 Å².